The first-order valence-corrected chi connectivity index (χ1v) is 10.2. The van der Waals surface area contributed by atoms with Crippen LogP contribution in [0.5, 0.6) is 5.75 Å². The number of carbonyl (C=O) groups is 1. The third kappa shape index (κ3) is 4.65. The largest absolute Gasteiger partial charge is 0.493 e. The summed E-state index contributed by atoms with van der Waals surface area (Å²) in [6.45, 7) is 3.32. The lowest BCUT2D eigenvalue weighted by Gasteiger charge is -2.29. The average Bonchev–Trinajstić information content (AvgIpc) is 3.25. The van der Waals surface area contributed by atoms with Crippen LogP contribution in [0.2, 0.25) is 0 Å². The van der Waals surface area contributed by atoms with Gasteiger partial charge in [0.15, 0.2) is 0 Å². The third-order valence-electron chi connectivity index (χ3n) is 5.48. The van der Waals surface area contributed by atoms with E-state index in [2.05, 4.69) is 36.2 Å². The van der Waals surface area contributed by atoms with Gasteiger partial charge in [0, 0.05) is 24.2 Å². The molecule has 1 atom stereocenters. The van der Waals surface area contributed by atoms with Crippen molar-refractivity contribution in [1.82, 2.24) is 9.88 Å². The molecule has 0 saturated carbocycles. The van der Waals surface area contributed by atoms with Crippen LogP contribution >= 0.6 is 0 Å². The van der Waals surface area contributed by atoms with Crippen LogP contribution < -0.4 is 4.74 Å². The van der Waals surface area contributed by atoms with E-state index in [1.165, 1.54) is 5.56 Å². The van der Waals surface area contributed by atoms with Gasteiger partial charge in [-0.15, -0.1) is 0 Å². The summed E-state index contributed by atoms with van der Waals surface area (Å²) in [6, 6.07) is 22.1. The number of hydrogen-bond donors (Lipinski definition) is 0. The molecule has 0 radical (unpaired) electrons. The van der Waals surface area contributed by atoms with Gasteiger partial charge in [-0.1, -0.05) is 36.4 Å². The Morgan fingerprint density at radius 3 is 2.72 bits per heavy atom. The Bertz CT molecular complexity index is 957. The van der Waals surface area contributed by atoms with Crippen LogP contribution in [0, 0.1) is 0 Å². The summed E-state index contributed by atoms with van der Waals surface area (Å²) in [6.07, 6.45) is 4.47. The Hall–Kier alpha value is -3.14. The molecule has 0 unspecified atom stereocenters. The molecule has 0 N–H and O–H groups in total. The van der Waals surface area contributed by atoms with Gasteiger partial charge in [-0.25, -0.2) is 0 Å². The molecule has 4 rings (SSSR count). The highest BCUT2D eigenvalue weighted by Gasteiger charge is 2.24. The quantitative estimate of drug-likeness (QED) is 0.592. The SMILES string of the molecule is C[C@H](CCc1ccccc1)N(Cc1ccccn1)C(=O)c1ccc2c(c1)CCO2. The van der Waals surface area contributed by atoms with Gasteiger partial charge < -0.3 is 9.64 Å². The van der Waals surface area contributed by atoms with Gasteiger partial charge in [0.05, 0.1) is 18.8 Å². The number of amides is 1. The van der Waals surface area contributed by atoms with E-state index < -0.39 is 0 Å². The fourth-order valence-corrected chi connectivity index (χ4v) is 3.76. The fourth-order valence-electron chi connectivity index (χ4n) is 3.76. The normalized spacial score (nSPS) is 13.4. The van der Waals surface area contributed by atoms with Crippen LogP contribution in [-0.2, 0) is 19.4 Å². The molecule has 1 aliphatic rings. The number of ether oxygens (including phenoxy) is 1. The molecule has 4 heteroatoms. The molecular formula is C25H26N2O2. The molecule has 4 nitrogen and oxygen atoms in total. The van der Waals surface area contributed by atoms with Crippen LogP contribution in [0.1, 0.15) is 40.5 Å². The summed E-state index contributed by atoms with van der Waals surface area (Å²) < 4.78 is 5.59. The van der Waals surface area contributed by atoms with Crippen LogP contribution in [0.15, 0.2) is 72.9 Å². The lowest BCUT2D eigenvalue weighted by Crippen LogP contribution is -2.38. The van der Waals surface area contributed by atoms with Crippen molar-refractivity contribution >= 4 is 5.91 Å². The maximum Gasteiger partial charge on any atom is 0.254 e. The first-order valence-electron chi connectivity index (χ1n) is 10.2. The highest BCUT2D eigenvalue weighted by molar-refractivity contribution is 5.94. The maximum atomic E-state index is 13.5. The van der Waals surface area contributed by atoms with E-state index in [1.54, 1.807) is 6.20 Å². The van der Waals surface area contributed by atoms with Gasteiger partial charge in [0.1, 0.15) is 5.75 Å². The van der Waals surface area contributed by atoms with Crippen molar-refractivity contribution in [3.63, 3.8) is 0 Å². The minimum absolute atomic E-state index is 0.0471. The summed E-state index contributed by atoms with van der Waals surface area (Å²) in [4.78, 5) is 19.8. The molecule has 0 saturated heterocycles. The summed E-state index contributed by atoms with van der Waals surface area (Å²) in [5.41, 5.74) is 4.03. The number of nitrogens with zero attached hydrogens (tertiary/aromatic N) is 2. The monoisotopic (exact) mass is 386 g/mol. The highest BCUT2D eigenvalue weighted by Crippen LogP contribution is 2.27. The van der Waals surface area contributed by atoms with Crippen molar-refractivity contribution < 1.29 is 9.53 Å². The van der Waals surface area contributed by atoms with Crippen LogP contribution in [0.3, 0.4) is 0 Å². The topological polar surface area (TPSA) is 42.4 Å². The second-order valence-corrected chi connectivity index (χ2v) is 7.55. The molecule has 1 amide bonds. The van der Waals surface area contributed by atoms with E-state index in [1.807, 2.05) is 47.4 Å². The van der Waals surface area contributed by atoms with Crippen molar-refractivity contribution in [3.8, 4) is 5.75 Å². The zero-order valence-corrected chi connectivity index (χ0v) is 16.8. The first-order chi connectivity index (χ1) is 14.2. The van der Waals surface area contributed by atoms with Gasteiger partial charge in [-0.2, -0.15) is 0 Å². The van der Waals surface area contributed by atoms with Crippen molar-refractivity contribution in [2.45, 2.75) is 38.8 Å². The predicted molar refractivity (Wildman–Crippen MR) is 114 cm³/mol. The van der Waals surface area contributed by atoms with Crippen LogP contribution in [0.4, 0.5) is 0 Å². The number of fused-ring (bicyclic) bond motifs is 1. The van der Waals surface area contributed by atoms with E-state index >= 15 is 0 Å². The zero-order chi connectivity index (χ0) is 20.1. The second kappa shape index (κ2) is 8.91. The molecule has 3 aromatic rings. The number of benzene rings is 2. The number of aromatic nitrogens is 1. The third-order valence-corrected chi connectivity index (χ3v) is 5.48. The summed E-state index contributed by atoms with van der Waals surface area (Å²) in [5, 5.41) is 0. The number of hydrogen-bond acceptors (Lipinski definition) is 3. The Morgan fingerprint density at radius 2 is 1.93 bits per heavy atom. The van der Waals surface area contributed by atoms with E-state index in [0.29, 0.717) is 13.2 Å². The highest BCUT2D eigenvalue weighted by atomic mass is 16.5. The Kier molecular flexibility index (Phi) is 5.89. The lowest BCUT2D eigenvalue weighted by molar-refractivity contribution is 0.0664. The second-order valence-electron chi connectivity index (χ2n) is 7.55. The van der Waals surface area contributed by atoms with Crippen LogP contribution in [-0.4, -0.2) is 28.4 Å². The molecule has 1 aromatic heterocycles. The molecule has 1 aliphatic heterocycles. The summed E-state index contributed by atoms with van der Waals surface area (Å²) >= 11 is 0. The standard InChI is InChI=1S/C25H26N2O2/c1-19(10-11-20-7-3-2-4-8-20)27(18-23-9-5-6-15-26-23)25(28)22-12-13-24-21(17-22)14-16-29-24/h2-9,12-13,15,17,19H,10-11,14,16,18H2,1H3/t19-/m1/s1. The minimum atomic E-state index is 0.0471. The molecule has 2 aromatic carbocycles. The number of pyridine rings is 1. The zero-order valence-electron chi connectivity index (χ0n) is 16.8. The molecule has 0 aliphatic carbocycles. The smallest absolute Gasteiger partial charge is 0.254 e. The molecule has 29 heavy (non-hydrogen) atoms. The average molecular weight is 386 g/mol. The van der Waals surface area contributed by atoms with Gasteiger partial charge in [0.25, 0.3) is 5.91 Å². The molecule has 2 heterocycles. The van der Waals surface area contributed by atoms with Crippen molar-refractivity contribution in [2.75, 3.05) is 6.61 Å². The lowest BCUT2D eigenvalue weighted by atomic mass is 10.0. The fraction of sp³-hybridized carbons (Fsp3) is 0.280. The van der Waals surface area contributed by atoms with Crippen molar-refractivity contribution in [3.05, 3.63) is 95.3 Å². The summed E-state index contributed by atoms with van der Waals surface area (Å²) in [7, 11) is 0. The van der Waals surface area contributed by atoms with Gasteiger partial charge in [-0.3, -0.25) is 9.78 Å². The van der Waals surface area contributed by atoms with E-state index in [-0.39, 0.29) is 11.9 Å². The molecule has 148 valence electrons. The molecule has 0 spiro atoms. The Morgan fingerprint density at radius 1 is 1.10 bits per heavy atom. The maximum absolute atomic E-state index is 13.5. The number of rotatable bonds is 7. The summed E-state index contributed by atoms with van der Waals surface area (Å²) in [5.74, 6) is 0.945. The Balaban J connectivity index is 1.54. The molecule has 0 bridgehead atoms. The van der Waals surface area contributed by atoms with E-state index in [4.69, 9.17) is 4.74 Å². The van der Waals surface area contributed by atoms with Crippen molar-refractivity contribution in [2.24, 2.45) is 0 Å². The van der Waals surface area contributed by atoms with Gasteiger partial charge in [-0.05, 0) is 61.2 Å². The number of carbonyl (C=O) groups excluding carboxylic acids is 1. The molecule has 0 fully saturated rings. The van der Waals surface area contributed by atoms with E-state index in [0.717, 1.165) is 41.8 Å². The van der Waals surface area contributed by atoms with Gasteiger partial charge >= 0.3 is 0 Å². The first kappa shape index (κ1) is 19.2. The number of aryl methyl sites for hydroxylation is 1. The molecular weight excluding hydrogens is 360 g/mol. The van der Waals surface area contributed by atoms with Gasteiger partial charge in [0.2, 0.25) is 0 Å². The van der Waals surface area contributed by atoms with Crippen molar-refractivity contribution in [1.29, 1.82) is 0 Å². The Labute approximate surface area is 172 Å². The van der Waals surface area contributed by atoms with Crippen LogP contribution in [0.25, 0.3) is 0 Å². The predicted octanol–water partition coefficient (Wildman–Crippen LogP) is 4.68. The minimum Gasteiger partial charge on any atom is -0.493 e. The van der Waals surface area contributed by atoms with E-state index in [9.17, 15) is 4.79 Å².